The van der Waals surface area contributed by atoms with Crippen molar-refractivity contribution in [2.45, 2.75) is 65.0 Å². The van der Waals surface area contributed by atoms with Gasteiger partial charge in [0.15, 0.2) is 0 Å². The van der Waals surface area contributed by atoms with Crippen molar-refractivity contribution in [1.82, 2.24) is 4.90 Å². The maximum atomic E-state index is 12.2. The Bertz CT molecular complexity index is 376. The Balaban J connectivity index is 2.43. The standard InChI is InChI=1S/C14H25NO4/c1-8(2)11(18)14-7-19-12(13(3,4)5)15(14)10(17)6-9(14)16/h8-9,11-12,16,18H,6-7H2,1-5H3/t9-,11-,12+,14+/m0/s1. The zero-order chi connectivity index (χ0) is 14.6. The number of carbonyl (C=O) groups excluding carboxylic acids is 1. The van der Waals surface area contributed by atoms with Crippen LogP contribution in [0.4, 0.5) is 0 Å². The lowest BCUT2D eigenvalue weighted by atomic mass is 9.81. The molecule has 2 N–H and O–H groups in total. The van der Waals surface area contributed by atoms with Gasteiger partial charge < -0.3 is 19.8 Å². The van der Waals surface area contributed by atoms with Crippen LogP contribution in [-0.4, -0.2) is 51.6 Å². The monoisotopic (exact) mass is 271 g/mol. The highest BCUT2D eigenvalue weighted by atomic mass is 16.5. The molecular weight excluding hydrogens is 246 g/mol. The van der Waals surface area contributed by atoms with Crippen molar-refractivity contribution in [2.24, 2.45) is 11.3 Å². The molecule has 0 unspecified atom stereocenters. The summed E-state index contributed by atoms with van der Waals surface area (Å²) in [7, 11) is 0. The SMILES string of the molecule is CC(C)[C@H](O)[C@]12CO[C@H](C(C)(C)C)N1C(=O)C[C@@H]2O. The van der Waals surface area contributed by atoms with Gasteiger partial charge in [-0.15, -0.1) is 0 Å². The van der Waals surface area contributed by atoms with E-state index < -0.39 is 24.0 Å². The van der Waals surface area contributed by atoms with E-state index in [1.54, 1.807) is 4.90 Å². The molecule has 5 heteroatoms. The van der Waals surface area contributed by atoms with Gasteiger partial charge in [-0.3, -0.25) is 4.79 Å². The van der Waals surface area contributed by atoms with E-state index in [0.717, 1.165) is 0 Å². The molecule has 0 radical (unpaired) electrons. The summed E-state index contributed by atoms with van der Waals surface area (Å²) in [5.74, 6) is -0.185. The lowest BCUT2D eigenvalue weighted by Gasteiger charge is -2.42. The fourth-order valence-corrected chi connectivity index (χ4v) is 3.27. The third kappa shape index (κ3) is 1.99. The van der Waals surface area contributed by atoms with Crippen molar-refractivity contribution < 1.29 is 19.7 Å². The first-order chi connectivity index (χ1) is 8.62. The van der Waals surface area contributed by atoms with Gasteiger partial charge in [-0.2, -0.15) is 0 Å². The first-order valence-corrected chi connectivity index (χ1v) is 6.92. The summed E-state index contributed by atoms with van der Waals surface area (Å²) in [6.45, 7) is 9.95. The van der Waals surface area contributed by atoms with Gasteiger partial charge in [0, 0.05) is 5.41 Å². The molecule has 2 saturated heterocycles. The van der Waals surface area contributed by atoms with Gasteiger partial charge in [0.2, 0.25) is 5.91 Å². The average molecular weight is 271 g/mol. The lowest BCUT2D eigenvalue weighted by Crippen LogP contribution is -2.62. The lowest BCUT2D eigenvalue weighted by molar-refractivity contribution is -0.146. The minimum Gasteiger partial charge on any atom is -0.390 e. The molecular formula is C14H25NO4. The Morgan fingerprint density at radius 1 is 1.42 bits per heavy atom. The Hall–Kier alpha value is -0.650. The molecule has 0 aromatic heterocycles. The van der Waals surface area contributed by atoms with Crippen LogP contribution in [0.15, 0.2) is 0 Å². The second-order valence-electron chi connectivity index (χ2n) is 7.19. The molecule has 0 aromatic rings. The number of aliphatic hydroxyl groups is 2. The van der Waals surface area contributed by atoms with Crippen LogP contribution in [0, 0.1) is 11.3 Å². The van der Waals surface area contributed by atoms with Gasteiger partial charge in [0.25, 0.3) is 0 Å². The normalized spacial score (nSPS) is 37.1. The Kier molecular flexibility index (Phi) is 3.44. The first-order valence-electron chi connectivity index (χ1n) is 6.92. The van der Waals surface area contributed by atoms with E-state index in [-0.39, 0.29) is 30.3 Å². The first kappa shape index (κ1) is 14.8. The van der Waals surface area contributed by atoms with Crippen LogP contribution in [0.25, 0.3) is 0 Å². The molecule has 19 heavy (non-hydrogen) atoms. The molecule has 0 bridgehead atoms. The van der Waals surface area contributed by atoms with Crippen LogP contribution in [0.5, 0.6) is 0 Å². The fraction of sp³-hybridized carbons (Fsp3) is 0.929. The summed E-state index contributed by atoms with van der Waals surface area (Å²) in [5, 5.41) is 20.8. The zero-order valence-electron chi connectivity index (χ0n) is 12.4. The molecule has 2 aliphatic heterocycles. The number of amides is 1. The molecule has 0 spiro atoms. The predicted octanol–water partition coefficient (Wildman–Crippen LogP) is 0.738. The van der Waals surface area contributed by atoms with Gasteiger partial charge in [-0.1, -0.05) is 34.6 Å². The van der Waals surface area contributed by atoms with Gasteiger partial charge in [0.05, 0.1) is 25.2 Å². The number of hydrogen-bond donors (Lipinski definition) is 2. The number of nitrogens with zero attached hydrogens (tertiary/aromatic N) is 1. The summed E-state index contributed by atoms with van der Waals surface area (Å²) < 4.78 is 5.78. The third-order valence-corrected chi connectivity index (χ3v) is 4.25. The van der Waals surface area contributed by atoms with Crippen molar-refractivity contribution in [2.75, 3.05) is 6.61 Å². The van der Waals surface area contributed by atoms with Crippen LogP contribution >= 0.6 is 0 Å². The number of fused-ring (bicyclic) bond motifs is 1. The summed E-state index contributed by atoms with van der Waals surface area (Å²) >= 11 is 0. The predicted molar refractivity (Wildman–Crippen MR) is 70.2 cm³/mol. The molecule has 0 aliphatic carbocycles. The molecule has 110 valence electrons. The number of hydrogen-bond acceptors (Lipinski definition) is 4. The van der Waals surface area contributed by atoms with E-state index >= 15 is 0 Å². The highest BCUT2D eigenvalue weighted by molar-refractivity contribution is 5.82. The smallest absolute Gasteiger partial charge is 0.228 e. The minimum absolute atomic E-state index is 0.0506. The Morgan fingerprint density at radius 3 is 2.47 bits per heavy atom. The van der Waals surface area contributed by atoms with Crippen molar-refractivity contribution in [1.29, 1.82) is 0 Å². The topological polar surface area (TPSA) is 70.0 Å². The molecule has 1 amide bonds. The molecule has 4 atom stereocenters. The summed E-state index contributed by atoms with van der Waals surface area (Å²) in [5.41, 5.74) is -1.23. The van der Waals surface area contributed by atoms with Crippen LogP contribution in [-0.2, 0) is 9.53 Å². The van der Waals surface area contributed by atoms with E-state index in [4.69, 9.17) is 4.74 Å². The maximum Gasteiger partial charge on any atom is 0.228 e. The van der Waals surface area contributed by atoms with E-state index in [1.165, 1.54) is 0 Å². The fourth-order valence-electron chi connectivity index (χ4n) is 3.27. The van der Waals surface area contributed by atoms with Gasteiger partial charge in [-0.05, 0) is 5.92 Å². The molecule has 2 aliphatic rings. The summed E-state index contributed by atoms with van der Waals surface area (Å²) in [6, 6.07) is 0. The number of aliphatic hydroxyl groups excluding tert-OH is 2. The molecule has 2 heterocycles. The van der Waals surface area contributed by atoms with Crippen LogP contribution < -0.4 is 0 Å². The Labute approximate surface area is 114 Å². The highest BCUT2D eigenvalue weighted by Crippen LogP contribution is 2.46. The van der Waals surface area contributed by atoms with E-state index in [0.29, 0.717) is 0 Å². The zero-order valence-corrected chi connectivity index (χ0v) is 12.4. The van der Waals surface area contributed by atoms with Crippen molar-refractivity contribution >= 4 is 5.91 Å². The van der Waals surface area contributed by atoms with Crippen molar-refractivity contribution in [3.8, 4) is 0 Å². The van der Waals surface area contributed by atoms with Crippen LogP contribution in [0.3, 0.4) is 0 Å². The second kappa shape index (κ2) is 4.43. The van der Waals surface area contributed by atoms with Crippen LogP contribution in [0.2, 0.25) is 0 Å². The van der Waals surface area contributed by atoms with E-state index in [2.05, 4.69) is 0 Å². The van der Waals surface area contributed by atoms with Gasteiger partial charge >= 0.3 is 0 Å². The molecule has 0 saturated carbocycles. The molecule has 2 rings (SSSR count). The molecule has 5 nitrogen and oxygen atoms in total. The number of carbonyl (C=O) groups is 1. The van der Waals surface area contributed by atoms with Gasteiger partial charge in [-0.25, -0.2) is 0 Å². The third-order valence-electron chi connectivity index (χ3n) is 4.25. The quantitative estimate of drug-likeness (QED) is 0.777. The number of rotatable bonds is 2. The number of ether oxygens (including phenoxy) is 1. The van der Waals surface area contributed by atoms with Gasteiger partial charge in [0.1, 0.15) is 11.8 Å². The van der Waals surface area contributed by atoms with Crippen LogP contribution in [0.1, 0.15) is 41.0 Å². The highest BCUT2D eigenvalue weighted by Gasteiger charge is 2.65. The Morgan fingerprint density at radius 2 is 2.00 bits per heavy atom. The largest absolute Gasteiger partial charge is 0.390 e. The maximum absolute atomic E-state index is 12.2. The minimum atomic E-state index is -0.983. The van der Waals surface area contributed by atoms with Crippen molar-refractivity contribution in [3.63, 3.8) is 0 Å². The van der Waals surface area contributed by atoms with E-state index in [9.17, 15) is 15.0 Å². The van der Waals surface area contributed by atoms with E-state index in [1.807, 2.05) is 34.6 Å². The second-order valence-corrected chi connectivity index (χ2v) is 7.19. The average Bonchev–Trinajstić information content (AvgIpc) is 2.76. The molecule has 0 aromatic carbocycles. The summed E-state index contributed by atoms with van der Waals surface area (Å²) in [4.78, 5) is 13.8. The molecule has 2 fully saturated rings. The summed E-state index contributed by atoms with van der Waals surface area (Å²) in [6.07, 6.45) is -1.99. The van der Waals surface area contributed by atoms with Crippen molar-refractivity contribution in [3.05, 3.63) is 0 Å².